The van der Waals surface area contributed by atoms with Gasteiger partial charge in [0.15, 0.2) is 9.84 Å². The van der Waals surface area contributed by atoms with Crippen molar-refractivity contribution >= 4 is 15.7 Å². The minimum atomic E-state index is -3.22. The number of nitrogens with zero attached hydrogens (tertiary/aromatic N) is 1. The Balaban J connectivity index is 1.83. The topological polar surface area (TPSA) is 66.5 Å². The third kappa shape index (κ3) is 5.45. The highest BCUT2D eigenvalue weighted by Crippen LogP contribution is 2.41. The van der Waals surface area contributed by atoms with Crippen LogP contribution in [-0.4, -0.2) is 38.6 Å². The van der Waals surface area contributed by atoms with Gasteiger partial charge in [0.25, 0.3) is 0 Å². The molecule has 2 aliphatic rings. The average Bonchev–Trinajstić information content (AvgIpc) is 3.05. The van der Waals surface area contributed by atoms with Gasteiger partial charge in [-0.3, -0.25) is 4.79 Å². The second kappa shape index (κ2) is 9.99. The molecular weight excluding hydrogens is 396 g/mol. The van der Waals surface area contributed by atoms with E-state index in [0.717, 1.165) is 36.2 Å². The maximum atomic E-state index is 12.9. The zero-order valence-corrected chi connectivity index (χ0v) is 19.4. The van der Waals surface area contributed by atoms with E-state index in [1.54, 1.807) is 12.1 Å². The Hall–Kier alpha value is -1.82. The van der Waals surface area contributed by atoms with Gasteiger partial charge in [-0.1, -0.05) is 44.7 Å². The molecule has 1 atom stereocenters. The molecule has 166 valence electrons. The van der Waals surface area contributed by atoms with Gasteiger partial charge in [0, 0.05) is 37.0 Å². The normalized spacial score (nSPS) is 20.6. The minimum Gasteiger partial charge on any atom is -0.367 e. The SMILES string of the molecule is CCCCNC(=O)C1=C(C)N(CC2CCCCC2)C(c2ccc(S(C)(=O)=O)cc2)C1. The van der Waals surface area contributed by atoms with Crippen molar-refractivity contribution in [1.29, 1.82) is 0 Å². The van der Waals surface area contributed by atoms with E-state index in [9.17, 15) is 13.2 Å². The smallest absolute Gasteiger partial charge is 0.249 e. The van der Waals surface area contributed by atoms with Crippen LogP contribution in [0.5, 0.6) is 0 Å². The highest BCUT2D eigenvalue weighted by atomic mass is 32.2. The Morgan fingerprint density at radius 3 is 2.40 bits per heavy atom. The van der Waals surface area contributed by atoms with Crippen molar-refractivity contribution in [2.75, 3.05) is 19.3 Å². The molecule has 0 saturated heterocycles. The Labute approximate surface area is 181 Å². The molecular formula is C24H36N2O3S. The van der Waals surface area contributed by atoms with Crippen LogP contribution >= 0.6 is 0 Å². The van der Waals surface area contributed by atoms with Crippen LogP contribution < -0.4 is 5.32 Å². The number of hydrogen-bond acceptors (Lipinski definition) is 4. The van der Waals surface area contributed by atoms with Crippen LogP contribution in [0, 0.1) is 5.92 Å². The number of rotatable bonds is 8. The Kier molecular flexibility index (Phi) is 7.61. The Bertz CT molecular complexity index is 868. The van der Waals surface area contributed by atoms with Crippen LogP contribution in [0.1, 0.15) is 76.8 Å². The number of sulfone groups is 1. The number of amides is 1. The molecule has 5 nitrogen and oxygen atoms in total. The van der Waals surface area contributed by atoms with Gasteiger partial charge >= 0.3 is 0 Å². The molecule has 30 heavy (non-hydrogen) atoms. The summed E-state index contributed by atoms with van der Waals surface area (Å²) in [5, 5.41) is 3.08. The van der Waals surface area contributed by atoms with Gasteiger partial charge in [-0.25, -0.2) is 8.42 Å². The van der Waals surface area contributed by atoms with Crippen molar-refractivity contribution in [2.45, 2.75) is 76.2 Å². The molecule has 1 N–H and O–H groups in total. The number of hydrogen-bond donors (Lipinski definition) is 1. The maximum absolute atomic E-state index is 12.9. The fourth-order valence-corrected chi connectivity index (χ4v) is 5.38. The summed E-state index contributed by atoms with van der Waals surface area (Å²) in [5.74, 6) is 0.707. The molecule has 0 bridgehead atoms. The fourth-order valence-electron chi connectivity index (χ4n) is 4.75. The summed E-state index contributed by atoms with van der Waals surface area (Å²) in [6, 6.07) is 7.31. The summed E-state index contributed by atoms with van der Waals surface area (Å²) in [6.45, 7) is 5.87. The molecule has 1 aromatic rings. The fraction of sp³-hybridized carbons (Fsp3) is 0.625. The molecule has 0 spiro atoms. The van der Waals surface area contributed by atoms with Crippen molar-refractivity contribution in [3.63, 3.8) is 0 Å². The van der Waals surface area contributed by atoms with Crippen molar-refractivity contribution in [1.82, 2.24) is 10.2 Å². The van der Waals surface area contributed by atoms with Gasteiger partial charge in [0.05, 0.1) is 10.9 Å². The first-order valence-electron chi connectivity index (χ1n) is 11.4. The number of unbranched alkanes of at least 4 members (excludes halogenated alkanes) is 1. The molecule has 1 unspecified atom stereocenters. The van der Waals surface area contributed by atoms with E-state index in [-0.39, 0.29) is 11.9 Å². The number of allylic oxidation sites excluding steroid dienone is 1. The lowest BCUT2D eigenvalue weighted by atomic mass is 9.88. The lowest BCUT2D eigenvalue weighted by molar-refractivity contribution is -0.117. The van der Waals surface area contributed by atoms with Crippen LogP contribution in [0.2, 0.25) is 0 Å². The highest BCUT2D eigenvalue weighted by molar-refractivity contribution is 7.90. The van der Waals surface area contributed by atoms with E-state index >= 15 is 0 Å². The number of carbonyl (C=O) groups is 1. The summed E-state index contributed by atoms with van der Waals surface area (Å²) in [5.41, 5.74) is 3.03. The zero-order valence-electron chi connectivity index (χ0n) is 18.6. The third-order valence-electron chi connectivity index (χ3n) is 6.60. The lowest BCUT2D eigenvalue weighted by Crippen LogP contribution is -2.30. The second-order valence-electron chi connectivity index (χ2n) is 8.89. The van der Waals surface area contributed by atoms with E-state index in [0.29, 0.717) is 23.8 Å². The van der Waals surface area contributed by atoms with E-state index in [1.807, 2.05) is 12.1 Å². The summed E-state index contributed by atoms with van der Waals surface area (Å²) < 4.78 is 23.7. The molecule has 0 aromatic heterocycles. The second-order valence-corrected chi connectivity index (χ2v) is 10.9. The summed E-state index contributed by atoms with van der Waals surface area (Å²) in [6.07, 6.45) is 10.4. The van der Waals surface area contributed by atoms with E-state index in [2.05, 4.69) is 24.1 Å². The lowest BCUT2D eigenvalue weighted by Gasteiger charge is -2.34. The molecule has 3 rings (SSSR count). The average molecular weight is 433 g/mol. The monoisotopic (exact) mass is 432 g/mol. The van der Waals surface area contributed by atoms with Gasteiger partial charge in [0.1, 0.15) is 0 Å². The van der Waals surface area contributed by atoms with Crippen LogP contribution in [0.25, 0.3) is 0 Å². The minimum absolute atomic E-state index is 0.0462. The molecule has 1 aliphatic heterocycles. The molecule has 1 amide bonds. The Morgan fingerprint density at radius 2 is 1.80 bits per heavy atom. The van der Waals surface area contributed by atoms with Gasteiger partial charge in [-0.15, -0.1) is 0 Å². The number of benzene rings is 1. The molecule has 0 radical (unpaired) electrons. The van der Waals surface area contributed by atoms with E-state index in [1.165, 1.54) is 38.4 Å². The van der Waals surface area contributed by atoms with Gasteiger partial charge in [-0.05, 0) is 49.8 Å². The highest BCUT2D eigenvalue weighted by Gasteiger charge is 2.35. The predicted octanol–water partition coefficient (Wildman–Crippen LogP) is 4.61. The van der Waals surface area contributed by atoms with Crippen molar-refractivity contribution in [3.8, 4) is 0 Å². The van der Waals surface area contributed by atoms with Crippen LogP contribution in [-0.2, 0) is 14.6 Å². The van der Waals surface area contributed by atoms with Crippen molar-refractivity contribution < 1.29 is 13.2 Å². The van der Waals surface area contributed by atoms with Gasteiger partial charge < -0.3 is 10.2 Å². The largest absolute Gasteiger partial charge is 0.367 e. The molecule has 1 saturated carbocycles. The van der Waals surface area contributed by atoms with Gasteiger partial charge in [-0.2, -0.15) is 0 Å². The van der Waals surface area contributed by atoms with Crippen LogP contribution in [0.4, 0.5) is 0 Å². The predicted molar refractivity (Wildman–Crippen MR) is 121 cm³/mol. The molecule has 6 heteroatoms. The van der Waals surface area contributed by atoms with Crippen molar-refractivity contribution in [2.24, 2.45) is 5.92 Å². The number of nitrogens with one attached hydrogen (secondary N) is 1. The van der Waals surface area contributed by atoms with E-state index < -0.39 is 9.84 Å². The van der Waals surface area contributed by atoms with Crippen LogP contribution in [0.3, 0.4) is 0 Å². The maximum Gasteiger partial charge on any atom is 0.249 e. The quantitative estimate of drug-likeness (QED) is 0.609. The molecule has 1 heterocycles. The van der Waals surface area contributed by atoms with E-state index in [4.69, 9.17) is 0 Å². The summed E-state index contributed by atoms with van der Waals surface area (Å²) >= 11 is 0. The van der Waals surface area contributed by atoms with Crippen molar-refractivity contribution in [3.05, 3.63) is 41.1 Å². The first-order valence-corrected chi connectivity index (χ1v) is 13.2. The van der Waals surface area contributed by atoms with Gasteiger partial charge in [0.2, 0.25) is 5.91 Å². The Morgan fingerprint density at radius 1 is 1.13 bits per heavy atom. The standard InChI is InChI=1S/C24H36N2O3S/c1-4-5-15-25-24(27)22-16-23(20-11-13-21(14-12-20)30(3,28)29)26(18(22)2)17-19-9-7-6-8-10-19/h11-14,19,23H,4-10,15-17H2,1-3H3,(H,25,27). The molecule has 1 fully saturated rings. The first-order chi connectivity index (χ1) is 14.3. The first kappa shape index (κ1) is 22.9. The molecule has 1 aromatic carbocycles. The summed E-state index contributed by atoms with van der Waals surface area (Å²) in [4.78, 5) is 15.6. The third-order valence-corrected chi connectivity index (χ3v) is 7.73. The zero-order chi connectivity index (χ0) is 21.7. The number of carbonyl (C=O) groups excluding carboxylic acids is 1. The summed E-state index contributed by atoms with van der Waals surface area (Å²) in [7, 11) is -3.22. The van der Waals surface area contributed by atoms with Crippen LogP contribution in [0.15, 0.2) is 40.4 Å². The molecule has 1 aliphatic carbocycles.